The molecule has 0 aromatic carbocycles. The molecule has 4 heteroatoms. The maximum absolute atomic E-state index is 6.23. The fourth-order valence-corrected chi connectivity index (χ4v) is 2.53. The molecule has 1 rings (SSSR count). The molecule has 2 atom stereocenters. The van der Waals surface area contributed by atoms with Gasteiger partial charge in [-0.05, 0) is 27.2 Å². The van der Waals surface area contributed by atoms with Gasteiger partial charge in [0.05, 0.1) is 10.6 Å². The second kappa shape index (κ2) is 5.75. The first-order valence-electron chi connectivity index (χ1n) is 5.82. The molecule has 1 heterocycles. The Kier molecular flexibility index (Phi) is 4.89. The Balaban J connectivity index is 2.65. The lowest BCUT2D eigenvalue weighted by Gasteiger charge is -2.34. The average molecular weight is 242 g/mol. The number of nitrogens with two attached hydrogens (primary N) is 1. The summed E-state index contributed by atoms with van der Waals surface area (Å²) in [6.45, 7) is 8.92. The maximum atomic E-state index is 6.23. The van der Waals surface area contributed by atoms with E-state index in [0.717, 1.165) is 23.5 Å². The SMILES string of the molecule is CCOC(C)(CC)C(N)Cc1nc(C)cs1. The predicted octanol–water partition coefficient (Wildman–Crippen LogP) is 2.53. The number of rotatable bonds is 6. The fraction of sp³-hybridized carbons (Fsp3) is 0.750. The second-order valence-electron chi connectivity index (χ2n) is 4.29. The van der Waals surface area contributed by atoms with Gasteiger partial charge in [0.15, 0.2) is 0 Å². The van der Waals surface area contributed by atoms with Crippen LogP contribution < -0.4 is 5.73 Å². The zero-order chi connectivity index (χ0) is 12.2. The summed E-state index contributed by atoms with van der Waals surface area (Å²) in [4.78, 5) is 4.44. The second-order valence-corrected chi connectivity index (χ2v) is 5.24. The lowest BCUT2D eigenvalue weighted by molar-refractivity contribution is -0.0461. The van der Waals surface area contributed by atoms with Crippen LogP contribution in [0.5, 0.6) is 0 Å². The molecule has 0 aliphatic heterocycles. The van der Waals surface area contributed by atoms with Gasteiger partial charge in [0.2, 0.25) is 0 Å². The summed E-state index contributed by atoms with van der Waals surface area (Å²) in [5, 5.41) is 3.16. The number of aryl methyl sites for hydroxylation is 1. The highest BCUT2D eigenvalue weighted by Gasteiger charge is 2.31. The summed E-state index contributed by atoms with van der Waals surface area (Å²) >= 11 is 1.68. The van der Waals surface area contributed by atoms with E-state index in [9.17, 15) is 0 Å². The van der Waals surface area contributed by atoms with E-state index in [1.807, 2.05) is 13.8 Å². The number of ether oxygens (including phenoxy) is 1. The van der Waals surface area contributed by atoms with Gasteiger partial charge in [-0.25, -0.2) is 4.98 Å². The van der Waals surface area contributed by atoms with Gasteiger partial charge in [-0.2, -0.15) is 0 Å². The molecule has 0 amide bonds. The molecule has 92 valence electrons. The van der Waals surface area contributed by atoms with Crippen molar-refractivity contribution >= 4 is 11.3 Å². The molecule has 0 aliphatic rings. The summed E-state index contributed by atoms with van der Waals surface area (Å²) in [5.41, 5.74) is 7.06. The molecule has 0 aliphatic carbocycles. The Morgan fingerprint density at radius 2 is 2.25 bits per heavy atom. The zero-order valence-corrected chi connectivity index (χ0v) is 11.4. The topological polar surface area (TPSA) is 48.1 Å². The van der Waals surface area contributed by atoms with E-state index < -0.39 is 0 Å². The van der Waals surface area contributed by atoms with Crippen LogP contribution in [-0.2, 0) is 11.2 Å². The van der Waals surface area contributed by atoms with Gasteiger partial charge in [0.25, 0.3) is 0 Å². The van der Waals surface area contributed by atoms with Crippen LogP contribution in [0.25, 0.3) is 0 Å². The van der Waals surface area contributed by atoms with E-state index in [4.69, 9.17) is 10.5 Å². The van der Waals surface area contributed by atoms with Gasteiger partial charge >= 0.3 is 0 Å². The van der Waals surface area contributed by atoms with Crippen molar-refractivity contribution in [2.45, 2.75) is 52.2 Å². The summed E-state index contributed by atoms with van der Waals surface area (Å²) in [6, 6.07) is 0.00278. The zero-order valence-electron chi connectivity index (χ0n) is 10.6. The highest BCUT2D eigenvalue weighted by molar-refractivity contribution is 7.09. The van der Waals surface area contributed by atoms with Crippen molar-refractivity contribution in [1.29, 1.82) is 0 Å². The summed E-state index contributed by atoms with van der Waals surface area (Å²) < 4.78 is 5.77. The van der Waals surface area contributed by atoms with Gasteiger partial charge in [0.1, 0.15) is 0 Å². The Morgan fingerprint density at radius 3 is 2.69 bits per heavy atom. The number of aromatic nitrogens is 1. The van der Waals surface area contributed by atoms with Crippen molar-refractivity contribution < 1.29 is 4.74 Å². The Labute approximate surface area is 102 Å². The standard InChI is InChI=1S/C12H22N2OS/c1-5-12(4,15-6-2)10(13)7-11-14-9(3)8-16-11/h8,10H,5-7,13H2,1-4H3. The van der Waals surface area contributed by atoms with E-state index in [0.29, 0.717) is 6.61 Å². The van der Waals surface area contributed by atoms with E-state index in [2.05, 4.69) is 24.2 Å². The normalized spacial score (nSPS) is 17.1. The minimum atomic E-state index is -0.242. The highest BCUT2D eigenvalue weighted by atomic mass is 32.1. The molecule has 1 aromatic rings. The van der Waals surface area contributed by atoms with Gasteiger partial charge in [-0.3, -0.25) is 0 Å². The smallest absolute Gasteiger partial charge is 0.0944 e. The number of hydrogen-bond donors (Lipinski definition) is 1. The molecule has 0 bridgehead atoms. The van der Waals surface area contributed by atoms with Gasteiger partial charge in [0, 0.05) is 30.1 Å². The van der Waals surface area contributed by atoms with Crippen molar-refractivity contribution in [3.8, 4) is 0 Å². The summed E-state index contributed by atoms with van der Waals surface area (Å²) in [6.07, 6.45) is 1.72. The van der Waals surface area contributed by atoms with Crippen molar-refractivity contribution in [1.82, 2.24) is 4.98 Å². The molecule has 0 radical (unpaired) electrons. The molecule has 3 nitrogen and oxygen atoms in total. The first-order chi connectivity index (χ1) is 7.51. The molecule has 1 aromatic heterocycles. The Morgan fingerprint density at radius 1 is 1.56 bits per heavy atom. The Hall–Kier alpha value is -0.450. The monoisotopic (exact) mass is 242 g/mol. The molecule has 0 saturated carbocycles. The van der Waals surface area contributed by atoms with Crippen LogP contribution in [0.2, 0.25) is 0 Å². The highest BCUT2D eigenvalue weighted by Crippen LogP contribution is 2.22. The lowest BCUT2D eigenvalue weighted by atomic mass is 9.91. The Bertz CT molecular complexity index is 327. The van der Waals surface area contributed by atoms with E-state index in [1.54, 1.807) is 11.3 Å². The third kappa shape index (κ3) is 3.27. The summed E-state index contributed by atoms with van der Waals surface area (Å²) in [5.74, 6) is 0. The van der Waals surface area contributed by atoms with Gasteiger partial charge < -0.3 is 10.5 Å². The molecule has 2 unspecified atom stereocenters. The van der Waals surface area contributed by atoms with Crippen LogP contribution >= 0.6 is 11.3 Å². The molecule has 0 saturated heterocycles. The quantitative estimate of drug-likeness (QED) is 0.834. The number of nitrogens with zero attached hydrogens (tertiary/aromatic N) is 1. The van der Waals surface area contributed by atoms with Crippen LogP contribution in [0.3, 0.4) is 0 Å². The molecule has 0 spiro atoms. The van der Waals surface area contributed by atoms with Crippen molar-refractivity contribution in [2.75, 3.05) is 6.61 Å². The molecule has 2 N–H and O–H groups in total. The van der Waals surface area contributed by atoms with E-state index in [-0.39, 0.29) is 11.6 Å². The van der Waals surface area contributed by atoms with Crippen LogP contribution in [-0.4, -0.2) is 23.2 Å². The molecular weight excluding hydrogens is 220 g/mol. The summed E-state index contributed by atoms with van der Waals surface area (Å²) in [7, 11) is 0. The third-order valence-electron chi connectivity index (χ3n) is 3.02. The predicted molar refractivity (Wildman–Crippen MR) is 68.9 cm³/mol. The molecular formula is C12H22N2OS. The van der Waals surface area contributed by atoms with Crippen molar-refractivity contribution in [3.63, 3.8) is 0 Å². The fourth-order valence-electron chi connectivity index (χ4n) is 1.70. The first kappa shape index (κ1) is 13.6. The maximum Gasteiger partial charge on any atom is 0.0944 e. The van der Waals surface area contributed by atoms with Crippen molar-refractivity contribution in [2.24, 2.45) is 5.73 Å². The largest absolute Gasteiger partial charge is 0.374 e. The van der Waals surface area contributed by atoms with Crippen LogP contribution in [0.15, 0.2) is 5.38 Å². The molecule has 16 heavy (non-hydrogen) atoms. The van der Waals surface area contributed by atoms with Gasteiger partial charge in [-0.1, -0.05) is 6.92 Å². The number of thiazole rings is 1. The van der Waals surface area contributed by atoms with Crippen LogP contribution in [0, 0.1) is 6.92 Å². The van der Waals surface area contributed by atoms with E-state index in [1.165, 1.54) is 0 Å². The van der Waals surface area contributed by atoms with E-state index >= 15 is 0 Å². The van der Waals surface area contributed by atoms with Gasteiger partial charge in [-0.15, -0.1) is 11.3 Å². The first-order valence-corrected chi connectivity index (χ1v) is 6.70. The third-order valence-corrected chi connectivity index (χ3v) is 4.01. The average Bonchev–Trinajstić information content (AvgIpc) is 2.64. The minimum Gasteiger partial charge on any atom is -0.374 e. The van der Waals surface area contributed by atoms with Crippen LogP contribution in [0.1, 0.15) is 37.9 Å². The lowest BCUT2D eigenvalue weighted by Crippen LogP contribution is -2.48. The van der Waals surface area contributed by atoms with Crippen LogP contribution in [0.4, 0.5) is 0 Å². The number of hydrogen-bond acceptors (Lipinski definition) is 4. The molecule has 0 fully saturated rings. The minimum absolute atomic E-state index is 0.00278. The van der Waals surface area contributed by atoms with Crippen molar-refractivity contribution in [3.05, 3.63) is 16.1 Å².